The Morgan fingerprint density at radius 1 is 1.72 bits per heavy atom. The fraction of sp³-hybridized carbons (Fsp3) is 0.556. The Labute approximate surface area is 103 Å². The normalized spacial score (nSPS) is 13.3. The van der Waals surface area contributed by atoms with Gasteiger partial charge in [-0.15, -0.1) is 0 Å². The van der Waals surface area contributed by atoms with Gasteiger partial charge in [0.25, 0.3) is 0 Å². The van der Waals surface area contributed by atoms with Gasteiger partial charge in [-0.3, -0.25) is 0 Å². The Balaban J connectivity index is 0.000000225. The first-order valence-corrected chi connectivity index (χ1v) is 5.24. The van der Waals surface area contributed by atoms with E-state index in [-0.39, 0.29) is 25.1 Å². The smallest absolute Gasteiger partial charge is 0.407 e. The lowest BCUT2D eigenvalue weighted by Crippen LogP contribution is -2.11. The highest BCUT2D eigenvalue weighted by atomic mass is 16.6. The topological polar surface area (TPSA) is 120 Å². The van der Waals surface area contributed by atoms with Crippen LogP contribution in [0.1, 0.15) is 5.82 Å². The molecule has 1 aromatic rings. The highest BCUT2D eigenvalue weighted by molar-refractivity contribution is 5.68. The van der Waals surface area contributed by atoms with Gasteiger partial charge in [-0.05, 0) is 4.92 Å². The lowest BCUT2D eigenvalue weighted by atomic mass is 10.6. The van der Waals surface area contributed by atoms with Crippen LogP contribution in [0.5, 0.6) is 0 Å². The molecule has 2 rings (SSSR count). The van der Waals surface area contributed by atoms with Crippen molar-refractivity contribution in [3.63, 3.8) is 0 Å². The van der Waals surface area contributed by atoms with E-state index in [0.717, 1.165) is 0 Å². The highest BCUT2D eigenvalue weighted by Gasteiger charge is 2.15. The molecule has 1 amide bonds. The number of cyclic esters (lactones) is 1. The molecule has 1 aliphatic heterocycles. The van der Waals surface area contributed by atoms with Gasteiger partial charge in [0.2, 0.25) is 0 Å². The molecule has 0 atom stereocenters. The van der Waals surface area contributed by atoms with Crippen molar-refractivity contribution < 1.29 is 19.6 Å². The van der Waals surface area contributed by atoms with E-state index in [0.29, 0.717) is 19.0 Å². The first-order valence-electron chi connectivity index (χ1n) is 5.24. The van der Waals surface area contributed by atoms with Gasteiger partial charge in [0.1, 0.15) is 19.3 Å². The number of amides is 1. The maximum atomic E-state index is 10.4. The maximum Gasteiger partial charge on any atom is 0.407 e. The molecule has 0 bridgehead atoms. The average molecular weight is 258 g/mol. The van der Waals surface area contributed by atoms with Crippen LogP contribution in [-0.2, 0) is 11.3 Å². The van der Waals surface area contributed by atoms with Crippen molar-refractivity contribution in [3.05, 3.63) is 22.1 Å². The van der Waals surface area contributed by atoms with Crippen LogP contribution in [-0.4, -0.2) is 45.4 Å². The van der Waals surface area contributed by atoms with Crippen LogP contribution in [0.3, 0.4) is 0 Å². The summed E-state index contributed by atoms with van der Waals surface area (Å²) >= 11 is 0. The summed E-state index contributed by atoms with van der Waals surface area (Å²) in [6.07, 6.45) is 0.889. The summed E-state index contributed by atoms with van der Waals surface area (Å²) in [5.74, 6) is 0.456. The second-order valence-corrected chi connectivity index (χ2v) is 3.36. The monoisotopic (exact) mass is 258 g/mol. The molecule has 1 fully saturated rings. The van der Waals surface area contributed by atoms with Crippen molar-refractivity contribution in [2.45, 2.75) is 13.5 Å². The van der Waals surface area contributed by atoms with E-state index in [9.17, 15) is 14.9 Å². The van der Waals surface area contributed by atoms with Crippen LogP contribution >= 0.6 is 0 Å². The third-order valence-electron chi connectivity index (χ3n) is 2.15. The summed E-state index contributed by atoms with van der Waals surface area (Å²) in [5, 5.41) is 21.4. The van der Waals surface area contributed by atoms with Gasteiger partial charge in [0, 0.05) is 6.92 Å². The van der Waals surface area contributed by atoms with E-state index >= 15 is 0 Å². The molecule has 0 aromatic carbocycles. The number of nitrogens with one attached hydrogen (secondary N) is 1. The summed E-state index contributed by atoms with van der Waals surface area (Å²) in [4.78, 5) is 23.5. The standard InChI is InChI=1S/C6H9N3O3.C3H5NO2/c1-5-7-4-6(9(11)12)8(5)2-3-10;5-3-4-1-2-6-3/h4,10H,2-3H2,1H3;1-2H2,(H,4,5). The van der Waals surface area contributed by atoms with Crippen molar-refractivity contribution in [2.24, 2.45) is 0 Å². The van der Waals surface area contributed by atoms with Crippen molar-refractivity contribution in [1.29, 1.82) is 0 Å². The van der Waals surface area contributed by atoms with Crippen molar-refractivity contribution in [2.75, 3.05) is 19.8 Å². The predicted molar refractivity (Wildman–Crippen MR) is 60.1 cm³/mol. The number of nitro groups is 1. The number of aliphatic hydroxyl groups is 1. The summed E-state index contributed by atoms with van der Waals surface area (Å²) in [6, 6.07) is 0. The third-order valence-corrected chi connectivity index (χ3v) is 2.15. The first-order chi connectivity index (χ1) is 8.56. The van der Waals surface area contributed by atoms with E-state index < -0.39 is 4.92 Å². The van der Waals surface area contributed by atoms with Crippen LogP contribution in [0.2, 0.25) is 0 Å². The zero-order valence-electron chi connectivity index (χ0n) is 9.83. The molecular formula is C9H14N4O5. The fourth-order valence-electron chi connectivity index (χ4n) is 1.33. The van der Waals surface area contributed by atoms with Gasteiger partial charge in [-0.1, -0.05) is 0 Å². The Morgan fingerprint density at radius 2 is 2.44 bits per heavy atom. The molecule has 100 valence electrons. The van der Waals surface area contributed by atoms with Crippen LogP contribution in [0, 0.1) is 17.0 Å². The molecule has 0 spiro atoms. The molecule has 1 aliphatic rings. The molecule has 18 heavy (non-hydrogen) atoms. The third kappa shape index (κ3) is 3.70. The number of carbonyl (C=O) groups is 1. The van der Waals surface area contributed by atoms with E-state index in [4.69, 9.17) is 5.11 Å². The minimum absolute atomic E-state index is 0.0819. The lowest BCUT2D eigenvalue weighted by Gasteiger charge is -1.98. The second kappa shape index (κ2) is 6.55. The Bertz CT molecular complexity index is 423. The number of hydrogen-bond acceptors (Lipinski definition) is 6. The van der Waals surface area contributed by atoms with Crippen LogP contribution < -0.4 is 5.32 Å². The Hall–Kier alpha value is -2.16. The molecule has 9 nitrogen and oxygen atoms in total. The SMILES string of the molecule is Cc1ncc([N+](=O)[O-])n1CCO.O=C1NCCO1. The maximum absolute atomic E-state index is 10.4. The molecule has 0 radical (unpaired) electrons. The summed E-state index contributed by atoms with van der Waals surface area (Å²) < 4.78 is 5.76. The number of carbonyl (C=O) groups excluding carboxylic acids is 1. The number of hydrogen-bond donors (Lipinski definition) is 2. The minimum atomic E-state index is -0.518. The van der Waals surface area contributed by atoms with E-state index in [1.807, 2.05) is 0 Å². The number of ether oxygens (including phenoxy) is 1. The van der Waals surface area contributed by atoms with E-state index in [1.54, 1.807) is 6.92 Å². The lowest BCUT2D eigenvalue weighted by molar-refractivity contribution is -0.392. The number of aromatic nitrogens is 2. The second-order valence-electron chi connectivity index (χ2n) is 3.36. The largest absolute Gasteiger partial charge is 0.448 e. The Kier molecular flexibility index (Phi) is 5.06. The average Bonchev–Trinajstić information content (AvgIpc) is 2.91. The number of imidazole rings is 1. The summed E-state index contributed by atoms with van der Waals surface area (Å²) in [5.41, 5.74) is 0. The summed E-state index contributed by atoms with van der Waals surface area (Å²) in [6.45, 7) is 2.93. The van der Waals surface area contributed by atoms with Gasteiger partial charge in [-0.2, -0.15) is 0 Å². The predicted octanol–water partition coefficient (Wildman–Crippen LogP) is -0.182. The quantitative estimate of drug-likeness (QED) is 0.573. The van der Waals surface area contributed by atoms with E-state index in [2.05, 4.69) is 15.0 Å². The number of aliphatic hydroxyl groups excluding tert-OH is 1. The first kappa shape index (κ1) is 13.9. The van der Waals surface area contributed by atoms with Gasteiger partial charge >= 0.3 is 11.9 Å². The van der Waals surface area contributed by atoms with Gasteiger partial charge < -0.3 is 25.3 Å². The zero-order valence-corrected chi connectivity index (χ0v) is 9.83. The summed E-state index contributed by atoms with van der Waals surface area (Å²) in [7, 11) is 0. The van der Waals surface area contributed by atoms with Gasteiger partial charge in [0.15, 0.2) is 5.82 Å². The fourth-order valence-corrected chi connectivity index (χ4v) is 1.33. The number of nitrogens with zero attached hydrogens (tertiary/aromatic N) is 3. The van der Waals surface area contributed by atoms with E-state index in [1.165, 1.54) is 10.8 Å². The van der Waals surface area contributed by atoms with Crippen LogP contribution in [0.4, 0.5) is 10.6 Å². The van der Waals surface area contributed by atoms with Crippen LogP contribution in [0.25, 0.3) is 0 Å². The molecule has 0 saturated carbocycles. The number of aryl methyl sites for hydroxylation is 1. The van der Waals surface area contributed by atoms with Gasteiger partial charge in [-0.25, -0.2) is 14.3 Å². The van der Waals surface area contributed by atoms with Crippen molar-refractivity contribution in [1.82, 2.24) is 14.9 Å². The zero-order chi connectivity index (χ0) is 13.5. The molecular weight excluding hydrogens is 244 g/mol. The highest BCUT2D eigenvalue weighted by Crippen LogP contribution is 2.12. The number of rotatable bonds is 3. The Morgan fingerprint density at radius 3 is 2.83 bits per heavy atom. The van der Waals surface area contributed by atoms with Crippen molar-refractivity contribution >= 4 is 11.9 Å². The number of alkyl carbamates (subject to hydrolysis) is 1. The molecule has 2 heterocycles. The molecule has 2 N–H and O–H groups in total. The molecule has 9 heteroatoms. The van der Waals surface area contributed by atoms with Crippen molar-refractivity contribution in [3.8, 4) is 0 Å². The molecule has 0 unspecified atom stereocenters. The minimum Gasteiger partial charge on any atom is -0.448 e. The molecule has 1 aromatic heterocycles. The molecule has 0 aliphatic carbocycles. The van der Waals surface area contributed by atoms with Gasteiger partial charge in [0.05, 0.1) is 13.2 Å². The van der Waals surface area contributed by atoms with Crippen LogP contribution in [0.15, 0.2) is 6.20 Å². The molecule has 1 saturated heterocycles.